The number of nitrogens with zero attached hydrogens (tertiary/aromatic N) is 6. The number of amides is 1. The van der Waals surface area contributed by atoms with Gasteiger partial charge in [0.05, 0.1) is 24.7 Å². The number of hydrogen-bond donors (Lipinski definition) is 5. The fourth-order valence-corrected chi connectivity index (χ4v) is 3.02. The number of nitrogens with one attached hydrogen (secondary N) is 1. The van der Waals surface area contributed by atoms with Gasteiger partial charge in [-0.15, -0.1) is 0 Å². The lowest BCUT2D eigenvalue weighted by atomic mass is 10.1. The van der Waals surface area contributed by atoms with Crippen LogP contribution in [0.2, 0.25) is 0 Å². The molecule has 0 aromatic carbocycles. The van der Waals surface area contributed by atoms with Crippen LogP contribution < -0.4 is 11.1 Å². The number of aliphatic hydroxyl groups excluding tert-OH is 3. The van der Waals surface area contributed by atoms with Gasteiger partial charge in [-0.2, -0.15) is 15.1 Å². The molecule has 1 amide bonds. The molecule has 0 aliphatic carbocycles. The van der Waals surface area contributed by atoms with E-state index in [2.05, 4.69) is 25.4 Å². The van der Waals surface area contributed by atoms with Crippen LogP contribution in [0.1, 0.15) is 16.6 Å². The molecule has 0 saturated carbocycles. The number of fused-ring (bicyclic) bond motifs is 1. The van der Waals surface area contributed by atoms with Crippen molar-refractivity contribution in [3.8, 4) is 5.95 Å². The highest BCUT2D eigenvalue weighted by molar-refractivity contribution is 7.79. The third-order valence-corrected chi connectivity index (χ3v) is 4.50. The van der Waals surface area contributed by atoms with Crippen molar-refractivity contribution in [1.29, 1.82) is 0 Å². The number of aromatic nitrogens is 6. The summed E-state index contributed by atoms with van der Waals surface area (Å²) in [6, 6.07) is 0. The molecule has 1 saturated heterocycles. The summed E-state index contributed by atoms with van der Waals surface area (Å²) in [6.45, 7) is -0.459. The summed E-state index contributed by atoms with van der Waals surface area (Å²) in [5, 5.41) is 36.1. The van der Waals surface area contributed by atoms with Crippen LogP contribution in [-0.2, 0) is 15.1 Å². The van der Waals surface area contributed by atoms with Crippen molar-refractivity contribution in [1.82, 2.24) is 34.6 Å². The van der Waals surface area contributed by atoms with Gasteiger partial charge in [0.2, 0.25) is 0 Å². The molecule has 17 nitrogen and oxygen atoms in total. The fraction of sp³-hybridized carbons (Fsp3) is 0.400. The lowest BCUT2D eigenvalue weighted by Crippen LogP contribution is -2.33. The van der Waals surface area contributed by atoms with Gasteiger partial charge in [-0.1, -0.05) is 0 Å². The summed E-state index contributed by atoms with van der Waals surface area (Å²) in [5.41, 5.74) is 6.78. The Morgan fingerprint density at radius 2 is 1.97 bits per heavy atom. The van der Waals surface area contributed by atoms with Crippen LogP contribution >= 0.6 is 0 Å². The van der Waals surface area contributed by atoms with Crippen molar-refractivity contribution in [2.75, 3.05) is 19.4 Å². The van der Waals surface area contributed by atoms with Crippen LogP contribution in [0, 0.1) is 0 Å². The number of aliphatic hydroxyl groups is 3. The standard InChI is InChI=1S/C15H18N8O5.H2O4S/c1-17-13(27)6-2-19-23(3-6)15-20-11(16)8-12(21-15)22(5-18-8)14-10(26)9(25)7(4-24)28-14;1-5(2,3)4/h2-3,5,7,9-10,14,24-26H,4H2,1H3,(H,17,27)(H2,16,20,21);(H2,1,2,3,4)/p-2/t7-,9-,10-,14-;/m1./s1. The quantitative estimate of drug-likeness (QED) is 0.175. The van der Waals surface area contributed by atoms with Crippen molar-refractivity contribution in [3.05, 3.63) is 24.3 Å². The molecule has 180 valence electrons. The molecule has 0 bridgehead atoms. The molecule has 4 atom stereocenters. The minimum Gasteiger partial charge on any atom is -0.759 e. The molecule has 1 fully saturated rings. The van der Waals surface area contributed by atoms with Gasteiger partial charge >= 0.3 is 0 Å². The number of carbonyl (C=O) groups is 1. The number of anilines is 1. The highest BCUT2D eigenvalue weighted by Crippen LogP contribution is 2.32. The van der Waals surface area contributed by atoms with E-state index in [9.17, 15) is 20.1 Å². The smallest absolute Gasteiger partial charge is 0.254 e. The summed E-state index contributed by atoms with van der Waals surface area (Å²) in [6.07, 6.45) is -0.418. The van der Waals surface area contributed by atoms with Crippen LogP contribution in [0.4, 0.5) is 5.82 Å². The summed E-state index contributed by atoms with van der Waals surface area (Å²) in [4.78, 5) is 24.4. The Balaban J connectivity index is 0.000000555. The van der Waals surface area contributed by atoms with Gasteiger partial charge in [-0.25, -0.2) is 9.67 Å². The van der Waals surface area contributed by atoms with E-state index < -0.39 is 41.5 Å². The van der Waals surface area contributed by atoms with Crippen LogP contribution in [0.5, 0.6) is 0 Å². The maximum Gasteiger partial charge on any atom is 0.254 e. The maximum atomic E-state index is 11.7. The molecule has 18 heteroatoms. The third kappa shape index (κ3) is 5.22. The zero-order chi connectivity index (χ0) is 24.5. The van der Waals surface area contributed by atoms with Gasteiger partial charge in [0.25, 0.3) is 11.9 Å². The molecule has 0 spiro atoms. The van der Waals surface area contributed by atoms with Crippen molar-refractivity contribution >= 4 is 33.3 Å². The SMILES string of the molecule is CNC(=O)c1cnn(-c2nc(N)c3ncn([C@@H]4O[C@H](CO)[C@@H](O)[C@H]4O)c3n2)c1.O=S(=O)([O-])[O-]. The van der Waals surface area contributed by atoms with Crippen LogP contribution in [0.25, 0.3) is 17.1 Å². The number of rotatable bonds is 4. The number of imidazole rings is 1. The van der Waals surface area contributed by atoms with Gasteiger partial charge in [-0.3, -0.25) is 17.8 Å². The van der Waals surface area contributed by atoms with E-state index in [1.807, 2.05) is 0 Å². The lowest BCUT2D eigenvalue weighted by molar-refractivity contribution is -0.0511. The maximum absolute atomic E-state index is 11.7. The molecular formula is C15H18N8O9S-2. The summed E-state index contributed by atoms with van der Waals surface area (Å²) in [7, 11) is -3.67. The normalized spacial score (nSPS) is 22.7. The van der Waals surface area contributed by atoms with Crippen LogP contribution in [0.3, 0.4) is 0 Å². The predicted molar refractivity (Wildman–Crippen MR) is 104 cm³/mol. The first-order valence-corrected chi connectivity index (χ1v) is 10.3. The molecule has 3 aromatic rings. The summed E-state index contributed by atoms with van der Waals surface area (Å²) >= 11 is 0. The second-order valence-corrected chi connectivity index (χ2v) is 7.44. The first kappa shape index (κ1) is 24.4. The molecule has 4 rings (SSSR count). The molecule has 1 aliphatic heterocycles. The highest BCUT2D eigenvalue weighted by atomic mass is 32.3. The number of carbonyl (C=O) groups excluding carboxylic acids is 1. The number of ether oxygens (including phenoxy) is 1. The largest absolute Gasteiger partial charge is 0.759 e. The van der Waals surface area contributed by atoms with Gasteiger partial charge in [0.1, 0.15) is 23.8 Å². The predicted octanol–water partition coefficient (Wildman–Crippen LogP) is -3.77. The van der Waals surface area contributed by atoms with E-state index in [0.717, 1.165) is 0 Å². The first-order chi connectivity index (χ1) is 15.4. The van der Waals surface area contributed by atoms with Crippen LogP contribution in [-0.4, -0.2) is 100 Å². The van der Waals surface area contributed by atoms with Crippen LogP contribution in [0.15, 0.2) is 18.7 Å². The van der Waals surface area contributed by atoms with Crippen molar-refractivity contribution < 1.29 is 42.4 Å². The number of nitrogen functional groups attached to an aromatic ring is 1. The summed E-state index contributed by atoms with van der Waals surface area (Å²) in [5.74, 6) is -0.187. The zero-order valence-corrected chi connectivity index (χ0v) is 17.5. The van der Waals surface area contributed by atoms with E-state index in [0.29, 0.717) is 5.56 Å². The Morgan fingerprint density at radius 1 is 1.30 bits per heavy atom. The topological polar surface area (TPSA) is 267 Å². The molecule has 0 radical (unpaired) electrons. The Labute approximate surface area is 185 Å². The molecule has 33 heavy (non-hydrogen) atoms. The van der Waals surface area contributed by atoms with E-state index >= 15 is 0 Å². The highest BCUT2D eigenvalue weighted by Gasteiger charge is 2.44. The fourth-order valence-electron chi connectivity index (χ4n) is 3.02. The Hall–Kier alpha value is -3.26. The average molecular weight is 486 g/mol. The number of nitrogens with two attached hydrogens (primary N) is 1. The lowest BCUT2D eigenvalue weighted by Gasteiger charge is -2.16. The second-order valence-electron chi connectivity index (χ2n) is 6.62. The number of hydrogen-bond acceptors (Lipinski definition) is 14. The Kier molecular flexibility index (Phi) is 6.88. The van der Waals surface area contributed by atoms with E-state index in [4.69, 9.17) is 28.0 Å². The minimum absolute atomic E-state index is 0.0579. The first-order valence-electron chi connectivity index (χ1n) is 9.01. The van der Waals surface area contributed by atoms with E-state index in [-0.39, 0.29) is 28.8 Å². The molecule has 0 unspecified atom stereocenters. The molecule has 4 heterocycles. The second kappa shape index (κ2) is 9.31. The van der Waals surface area contributed by atoms with Gasteiger partial charge in [0.15, 0.2) is 17.7 Å². The van der Waals surface area contributed by atoms with E-state index in [1.54, 1.807) is 0 Å². The molecule has 3 aromatic heterocycles. The average Bonchev–Trinajstić information content (AvgIpc) is 3.45. The zero-order valence-electron chi connectivity index (χ0n) is 16.7. The molecule has 1 aliphatic rings. The van der Waals surface area contributed by atoms with E-state index in [1.165, 1.54) is 35.0 Å². The van der Waals surface area contributed by atoms with Crippen molar-refractivity contribution in [2.45, 2.75) is 24.5 Å². The third-order valence-electron chi connectivity index (χ3n) is 4.50. The molecule has 6 N–H and O–H groups in total. The Bertz CT molecular complexity index is 1250. The van der Waals surface area contributed by atoms with Crippen molar-refractivity contribution in [2.24, 2.45) is 0 Å². The molecular weight excluding hydrogens is 468 g/mol. The minimum atomic E-state index is -5.17. The van der Waals surface area contributed by atoms with Gasteiger partial charge in [-0.05, 0) is 0 Å². The summed E-state index contributed by atoms with van der Waals surface area (Å²) < 4.78 is 42.3. The monoisotopic (exact) mass is 486 g/mol. The van der Waals surface area contributed by atoms with Gasteiger partial charge < -0.3 is 40.2 Å². The van der Waals surface area contributed by atoms with Crippen molar-refractivity contribution in [3.63, 3.8) is 0 Å². The Morgan fingerprint density at radius 3 is 2.55 bits per heavy atom. The van der Waals surface area contributed by atoms with Gasteiger partial charge in [0, 0.05) is 23.6 Å².